The van der Waals surface area contributed by atoms with Crippen LogP contribution in [0.2, 0.25) is 0 Å². The molecule has 0 radical (unpaired) electrons. The monoisotopic (exact) mass is 264 g/mol. The molecule has 4 heteroatoms. The van der Waals surface area contributed by atoms with Crippen LogP contribution in [0.1, 0.15) is 27.7 Å². The van der Waals surface area contributed by atoms with Crippen LogP contribution in [0.4, 0.5) is 0 Å². The molecule has 0 heterocycles. The number of rotatable bonds is 4. The first-order chi connectivity index (χ1) is 8.80. The van der Waals surface area contributed by atoms with E-state index in [1.54, 1.807) is 13.0 Å². The van der Waals surface area contributed by atoms with Crippen molar-refractivity contribution in [3.05, 3.63) is 34.9 Å². The molecule has 1 atom stereocenters. The molecule has 1 unspecified atom stereocenters. The van der Waals surface area contributed by atoms with E-state index in [4.69, 9.17) is 9.84 Å². The highest BCUT2D eigenvalue weighted by Crippen LogP contribution is 2.34. The van der Waals surface area contributed by atoms with Crippen molar-refractivity contribution in [2.75, 3.05) is 6.61 Å². The molecule has 1 rings (SSSR count). The van der Waals surface area contributed by atoms with Gasteiger partial charge in [0.1, 0.15) is 12.4 Å². The zero-order valence-electron chi connectivity index (χ0n) is 11.8. The van der Waals surface area contributed by atoms with E-state index in [0.29, 0.717) is 11.1 Å². The summed E-state index contributed by atoms with van der Waals surface area (Å²) in [6.45, 7) is 7.19. The molecule has 0 bridgehead atoms. The Hall–Kier alpha value is -1.68. The quantitative estimate of drug-likeness (QED) is 0.365. The van der Waals surface area contributed by atoms with E-state index in [0.717, 1.165) is 11.9 Å². The molecule has 0 amide bonds. The Bertz CT molecular complexity index is 467. The number of carbonyl (C=O) groups is 2. The summed E-state index contributed by atoms with van der Waals surface area (Å²) in [6, 6.07) is 0. The third-order valence-electron chi connectivity index (χ3n) is 3.10. The highest BCUT2D eigenvalue weighted by molar-refractivity contribution is 5.83. The molecule has 0 aromatic heterocycles. The fourth-order valence-electron chi connectivity index (χ4n) is 1.97. The van der Waals surface area contributed by atoms with Crippen molar-refractivity contribution in [2.24, 2.45) is 5.41 Å². The molecule has 0 aliphatic heterocycles. The van der Waals surface area contributed by atoms with Crippen LogP contribution in [0.15, 0.2) is 34.9 Å². The van der Waals surface area contributed by atoms with Crippen molar-refractivity contribution in [2.45, 2.75) is 33.8 Å². The Labute approximate surface area is 113 Å². The topological polar surface area (TPSA) is 63.6 Å². The molecule has 4 nitrogen and oxygen atoms in total. The van der Waals surface area contributed by atoms with E-state index in [-0.39, 0.29) is 12.0 Å². The van der Waals surface area contributed by atoms with Gasteiger partial charge in [-0.05, 0) is 31.1 Å². The summed E-state index contributed by atoms with van der Waals surface area (Å²) in [5.41, 5.74) is 1.67. The lowest BCUT2D eigenvalue weighted by Gasteiger charge is -2.29. The number of carbonyl (C=O) groups excluding carboxylic acids is 2. The zero-order chi connectivity index (χ0) is 14.6. The van der Waals surface area contributed by atoms with Crippen LogP contribution in [0, 0.1) is 5.41 Å². The van der Waals surface area contributed by atoms with E-state index < -0.39 is 12.1 Å². The molecule has 1 aliphatic carbocycles. The molecule has 19 heavy (non-hydrogen) atoms. The number of aliphatic hydroxyl groups is 1. The minimum absolute atomic E-state index is 0.183. The second-order valence-electron chi connectivity index (χ2n) is 5.36. The predicted molar refractivity (Wildman–Crippen MR) is 72.4 cm³/mol. The molecular formula is C15H20O4. The third kappa shape index (κ3) is 3.89. The predicted octanol–water partition coefficient (Wildman–Crippen LogP) is 1.95. The van der Waals surface area contributed by atoms with Crippen LogP contribution in [0.25, 0.3) is 0 Å². The molecular weight excluding hydrogens is 244 g/mol. The Morgan fingerprint density at radius 2 is 2.16 bits per heavy atom. The standard InChI is InChI=1S/C15H20O4/c1-10(8-16)5-14(18)19-13-6-12(9-17)15(3,4)7-11(13)2/h5-7,9,13,16H,8H2,1-4H3. The Morgan fingerprint density at radius 3 is 2.68 bits per heavy atom. The third-order valence-corrected chi connectivity index (χ3v) is 3.10. The molecule has 1 aliphatic rings. The van der Waals surface area contributed by atoms with Crippen molar-refractivity contribution < 1.29 is 19.4 Å². The second kappa shape index (κ2) is 5.97. The Morgan fingerprint density at radius 1 is 1.53 bits per heavy atom. The second-order valence-corrected chi connectivity index (χ2v) is 5.36. The van der Waals surface area contributed by atoms with E-state index >= 15 is 0 Å². The van der Waals surface area contributed by atoms with Gasteiger partial charge in [-0.3, -0.25) is 4.79 Å². The van der Waals surface area contributed by atoms with Gasteiger partial charge >= 0.3 is 5.97 Å². The zero-order valence-corrected chi connectivity index (χ0v) is 11.8. The van der Waals surface area contributed by atoms with Crippen LogP contribution in [-0.2, 0) is 14.3 Å². The van der Waals surface area contributed by atoms with Crippen LogP contribution in [-0.4, -0.2) is 30.1 Å². The van der Waals surface area contributed by atoms with E-state index in [1.165, 1.54) is 6.08 Å². The van der Waals surface area contributed by atoms with Crippen LogP contribution in [0.5, 0.6) is 0 Å². The maximum Gasteiger partial charge on any atom is 0.331 e. The number of hydrogen-bond acceptors (Lipinski definition) is 4. The van der Waals surface area contributed by atoms with E-state index in [9.17, 15) is 9.59 Å². The van der Waals surface area contributed by atoms with Gasteiger partial charge in [0.05, 0.1) is 6.61 Å². The molecule has 0 spiro atoms. The number of hydrogen-bond donors (Lipinski definition) is 1. The van der Waals surface area contributed by atoms with Crippen LogP contribution in [0.3, 0.4) is 0 Å². The summed E-state index contributed by atoms with van der Waals surface area (Å²) in [5, 5.41) is 8.84. The average molecular weight is 264 g/mol. The molecule has 0 saturated carbocycles. The van der Waals surface area contributed by atoms with Crippen molar-refractivity contribution in [3.63, 3.8) is 0 Å². The maximum atomic E-state index is 11.6. The first-order valence-electron chi connectivity index (χ1n) is 6.15. The highest BCUT2D eigenvalue weighted by Gasteiger charge is 2.29. The lowest BCUT2D eigenvalue weighted by Crippen LogP contribution is -2.26. The number of esters is 1. The number of allylic oxidation sites excluding steroid dienone is 2. The maximum absolute atomic E-state index is 11.6. The van der Waals surface area contributed by atoms with E-state index in [2.05, 4.69) is 0 Å². The first-order valence-corrected chi connectivity index (χ1v) is 6.15. The fraction of sp³-hybridized carbons (Fsp3) is 0.467. The summed E-state index contributed by atoms with van der Waals surface area (Å²) >= 11 is 0. The van der Waals surface area contributed by atoms with Gasteiger partial charge in [-0.15, -0.1) is 0 Å². The van der Waals surface area contributed by atoms with Gasteiger partial charge in [-0.1, -0.05) is 19.9 Å². The van der Waals surface area contributed by atoms with Gasteiger partial charge in [-0.25, -0.2) is 4.79 Å². The summed E-state index contributed by atoms with van der Waals surface area (Å²) < 4.78 is 5.27. The minimum Gasteiger partial charge on any atom is -0.450 e. The highest BCUT2D eigenvalue weighted by atomic mass is 16.5. The van der Waals surface area contributed by atoms with Gasteiger partial charge in [0.25, 0.3) is 0 Å². The molecule has 0 aromatic rings. The number of ether oxygens (including phenoxy) is 1. The minimum atomic E-state index is -0.525. The first kappa shape index (κ1) is 15.4. The van der Waals surface area contributed by atoms with Crippen molar-refractivity contribution >= 4 is 12.3 Å². The number of aldehydes is 1. The van der Waals surface area contributed by atoms with Gasteiger partial charge in [0, 0.05) is 17.1 Å². The van der Waals surface area contributed by atoms with Crippen molar-refractivity contribution in [3.8, 4) is 0 Å². The van der Waals surface area contributed by atoms with Gasteiger partial charge in [0.2, 0.25) is 0 Å². The smallest absolute Gasteiger partial charge is 0.331 e. The Balaban J connectivity index is 2.88. The average Bonchev–Trinajstić information content (AvgIpc) is 2.31. The van der Waals surface area contributed by atoms with Crippen molar-refractivity contribution in [1.29, 1.82) is 0 Å². The SMILES string of the molecule is CC(=CC(=O)OC1C=C(C=O)C(C)(C)C=C1C)CO. The van der Waals surface area contributed by atoms with Crippen molar-refractivity contribution in [1.82, 2.24) is 0 Å². The number of aliphatic hydroxyl groups excluding tert-OH is 1. The molecule has 0 aromatic carbocycles. The lowest BCUT2D eigenvalue weighted by molar-refractivity contribution is -0.139. The van der Waals surface area contributed by atoms with E-state index in [1.807, 2.05) is 26.8 Å². The van der Waals surface area contributed by atoms with Gasteiger partial charge < -0.3 is 9.84 Å². The molecule has 1 N–H and O–H groups in total. The lowest BCUT2D eigenvalue weighted by atomic mass is 9.78. The molecule has 0 saturated heterocycles. The summed E-state index contributed by atoms with van der Waals surface area (Å²) in [5.74, 6) is -0.523. The van der Waals surface area contributed by atoms with Crippen LogP contribution < -0.4 is 0 Å². The van der Waals surface area contributed by atoms with Gasteiger partial charge in [0.15, 0.2) is 0 Å². The summed E-state index contributed by atoms with van der Waals surface area (Å²) in [4.78, 5) is 22.7. The summed E-state index contributed by atoms with van der Waals surface area (Å²) in [6.07, 6.45) is 5.11. The van der Waals surface area contributed by atoms with Gasteiger partial charge in [-0.2, -0.15) is 0 Å². The fourth-order valence-corrected chi connectivity index (χ4v) is 1.97. The summed E-state index contributed by atoms with van der Waals surface area (Å²) in [7, 11) is 0. The molecule has 104 valence electrons. The molecule has 0 fully saturated rings. The Kier molecular flexibility index (Phi) is 4.84. The largest absolute Gasteiger partial charge is 0.450 e. The van der Waals surface area contributed by atoms with Crippen LogP contribution >= 0.6 is 0 Å². The normalized spacial score (nSPS) is 22.4.